The average molecular weight is 314 g/mol. The second kappa shape index (κ2) is 9.56. The van der Waals surface area contributed by atoms with Gasteiger partial charge in [-0.3, -0.25) is 4.84 Å². The lowest BCUT2D eigenvalue weighted by atomic mass is 10.2. The van der Waals surface area contributed by atoms with Crippen molar-refractivity contribution in [2.45, 2.75) is 32.6 Å². The lowest BCUT2D eigenvalue weighted by molar-refractivity contribution is -0.145. The second-order valence-corrected chi connectivity index (χ2v) is 4.42. The van der Waals surface area contributed by atoms with Gasteiger partial charge in [-0.15, -0.1) is 4.73 Å². The number of nitrogens with one attached hydrogen (secondary N) is 1. The first kappa shape index (κ1) is 17.7. The molecule has 0 aliphatic heterocycles. The summed E-state index contributed by atoms with van der Waals surface area (Å²) in [6, 6.07) is 2.45. The fourth-order valence-electron chi connectivity index (χ4n) is 1.60. The number of hydrogen-bond acceptors (Lipinski definition) is 7. The van der Waals surface area contributed by atoms with E-state index in [1.807, 2.05) is 6.92 Å². The van der Waals surface area contributed by atoms with Crippen molar-refractivity contribution in [2.24, 2.45) is 0 Å². The molecule has 0 aliphatic rings. The molecule has 0 aromatic carbocycles. The summed E-state index contributed by atoms with van der Waals surface area (Å²) in [5, 5.41) is 18.6. The van der Waals surface area contributed by atoms with Crippen LogP contribution in [-0.2, 0) is 14.4 Å². The van der Waals surface area contributed by atoms with Gasteiger partial charge in [-0.05, 0) is 26.3 Å². The number of aromatic nitrogens is 1. The van der Waals surface area contributed by atoms with Crippen molar-refractivity contribution in [2.75, 3.05) is 13.2 Å². The first-order valence-corrected chi connectivity index (χ1v) is 7.05. The molecule has 8 heteroatoms. The molecule has 1 aromatic heterocycles. The number of hydrogen-bond donors (Lipinski definition) is 3. The van der Waals surface area contributed by atoms with E-state index in [2.05, 4.69) is 12.1 Å². The third kappa shape index (κ3) is 6.40. The van der Waals surface area contributed by atoms with Gasteiger partial charge in [-0.2, -0.15) is 0 Å². The van der Waals surface area contributed by atoms with Crippen LogP contribution in [0.15, 0.2) is 24.6 Å². The molecule has 0 unspecified atom stereocenters. The highest BCUT2D eigenvalue weighted by Gasteiger charge is 2.11. The normalized spacial score (nSPS) is 10.2. The summed E-state index contributed by atoms with van der Waals surface area (Å²) in [5.74, 6) is -0.845. The van der Waals surface area contributed by atoms with Crippen molar-refractivity contribution in [3.63, 3.8) is 0 Å². The molecule has 0 bridgehead atoms. The van der Waals surface area contributed by atoms with Crippen LogP contribution in [0.1, 0.15) is 32.6 Å². The largest absolute Gasteiger partial charge is 0.492 e. The molecule has 0 saturated carbocycles. The Labute approximate surface area is 128 Å². The fraction of sp³-hybridized carbons (Fsp3) is 0.500. The summed E-state index contributed by atoms with van der Waals surface area (Å²) in [4.78, 5) is 21.4. The summed E-state index contributed by atoms with van der Waals surface area (Å²) in [5.41, 5.74) is 2.56. The van der Waals surface area contributed by atoms with Crippen LogP contribution in [0.3, 0.4) is 0 Å². The molecule has 1 aromatic rings. The van der Waals surface area contributed by atoms with Crippen LogP contribution in [0.5, 0.6) is 11.8 Å². The molecule has 0 fully saturated rings. The van der Waals surface area contributed by atoms with Gasteiger partial charge >= 0.3 is 5.97 Å². The van der Waals surface area contributed by atoms with E-state index < -0.39 is 5.97 Å². The third-order valence-corrected chi connectivity index (χ3v) is 2.62. The summed E-state index contributed by atoms with van der Waals surface area (Å²) in [6.45, 7) is 6.41. The van der Waals surface area contributed by atoms with E-state index in [0.717, 1.165) is 12.8 Å². The summed E-state index contributed by atoms with van der Waals surface area (Å²) < 4.78 is 5.71. The zero-order chi connectivity index (χ0) is 16.4. The number of nitrogens with zero attached hydrogens (tertiary/aromatic N) is 1. The molecule has 1 heterocycles. The third-order valence-electron chi connectivity index (χ3n) is 2.62. The van der Waals surface area contributed by atoms with E-state index in [1.54, 1.807) is 0 Å². The Hall–Kier alpha value is -2.35. The minimum absolute atomic E-state index is 0.177. The summed E-state index contributed by atoms with van der Waals surface area (Å²) >= 11 is 0. The maximum atomic E-state index is 11.5. The van der Waals surface area contributed by atoms with Crippen LogP contribution in [-0.4, -0.2) is 34.1 Å². The highest BCUT2D eigenvalue weighted by molar-refractivity contribution is 5.69. The van der Waals surface area contributed by atoms with Gasteiger partial charge in [0.1, 0.15) is 0 Å². The second-order valence-electron chi connectivity index (χ2n) is 4.42. The maximum Gasteiger partial charge on any atom is 0.333 e. The predicted octanol–water partition coefficient (Wildman–Crippen LogP) is 1.44. The van der Waals surface area contributed by atoms with Gasteiger partial charge in [-0.1, -0.05) is 6.42 Å². The molecule has 124 valence electrons. The van der Waals surface area contributed by atoms with Crippen LogP contribution in [0.2, 0.25) is 0 Å². The Morgan fingerprint density at radius 3 is 2.59 bits per heavy atom. The van der Waals surface area contributed by atoms with E-state index in [0.29, 0.717) is 30.2 Å². The fourth-order valence-corrected chi connectivity index (χ4v) is 1.60. The van der Waals surface area contributed by atoms with E-state index >= 15 is 0 Å². The maximum absolute atomic E-state index is 11.5. The zero-order valence-corrected chi connectivity index (χ0v) is 12.6. The van der Waals surface area contributed by atoms with Crippen LogP contribution in [0.4, 0.5) is 0 Å². The Morgan fingerprint density at radius 1 is 1.27 bits per heavy atom. The zero-order valence-electron chi connectivity index (χ0n) is 12.6. The Balaban J connectivity index is 2.05. The Bertz CT molecular complexity index is 466. The first-order valence-electron chi connectivity index (χ1n) is 7.05. The highest BCUT2D eigenvalue weighted by atomic mass is 16.7. The van der Waals surface area contributed by atoms with Crippen molar-refractivity contribution < 1.29 is 29.4 Å². The smallest absolute Gasteiger partial charge is 0.333 e. The minimum atomic E-state index is -0.537. The quantitative estimate of drug-likeness (QED) is 0.323. The van der Waals surface area contributed by atoms with Crippen LogP contribution in [0.25, 0.3) is 0 Å². The first-order chi connectivity index (χ1) is 10.5. The van der Waals surface area contributed by atoms with Crippen molar-refractivity contribution in [1.29, 1.82) is 0 Å². The number of ether oxygens (including phenoxy) is 1. The molecule has 0 saturated heterocycles. The van der Waals surface area contributed by atoms with E-state index in [-0.39, 0.29) is 18.2 Å². The number of hydroxylamine groups is 1. The van der Waals surface area contributed by atoms with Crippen molar-refractivity contribution in [1.82, 2.24) is 10.2 Å². The monoisotopic (exact) mass is 314 g/mol. The number of aromatic hydroxyl groups is 2. The van der Waals surface area contributed by atoms with E-state index in [4.69, 9.17) is 14.4 Å². The molecule has 0 aliphatic carbocycles. The lowest BCUT2D eigenvalue weighted by Crippen LogP contribution is -2.18. The van der Waals surface area contributed by atoms with Gasteiger partial charge < -0.3 is 19.8 Å². The number of rotatable bonds is 11. The summed E-state index contributed by atoms with van der Waals surface area (Å²) in [7, 11) is 0. The number of unbranched alkanes of at least 4 members (excludes halogenated alkanes) is 2. The topological polar surface area (TPSA) is 102 Å². The van der Waals surface area contributed by atoms with E-state index in [1.165, 1.54) is 12.1 Å². The van der Waals surface area contributed by atoms with Gasteiger partial charge in [0.2, 0.25) is 17.6 Å². The van der Waals surface area contributed by atoms with Crippen LogP contribution in [0, 0.1) is 0 Å². The average Bonchev–Trinajstić information content (AvgIpc) is 2.78. The van der Waals surface area contributed by atoms with E-state index in [9.17, 15) is 15.0 Å². The number of carbonyl (C=O) groups excluding carboxylic acids is 1. The number of carbonyl (C=O) groups is 1. The molecular weight excluding hydrogens is 292 g/mol. The standard InChI is InChI=1S/C14H22N2O6/c1-3-20-11(2)15-21-10-6-4-5-7-14(19)22-16-12(17)8-9-13(16)18/h8-9,15,17-18H,2-7,10H2,1H3. The Kier molecular flexibility index (Phi) is 7.69. The van der Waals surface area contributed by atoms with Gasteiger partial charge in [0.25, 0.3) is 0 Å². The molecule has 0 amide bonds. The van der Waals surface area contributed by atoms with Gasteiger partial charge in [0.05, 0.1) is 13.2 Å². The SMILES string of the molecule is C=C(NOCCCCCC(=O)On1c(O)ccc1O)OCC. The van der Waals surface area contributed by atoms with Crippen molar-refractivity contribution in [3.05, 3.63) is 24.6 Å². The van der Waals surface area contributed by atoms with Crippen molar-refractivity contribution in [3.8, 4) is 11.8 Å². The van der Waals surface area contributed by atoms with Gasteiger partial charge in [-0.25, -0.2) is 10.3 Å². The molecule has 1 rings (SSSR count). The molecule has 8 nitrogen and oxygen atoms in total. The molecule has 22 heavy (non-hydrogen) atoms. The van der Waals surface area contributed by atoms with Crippen molar-refractivity contribution >= 4 is 5.97 Å². The molecule has 0 atom stereocenters. The van der Waals surface area contributed by atoms with Gasteiger partial charge in [0.15, 0.2) is 0 Å². The van der Waals surface area contributed by atoms with Gasteiger partial charge in [0, 0.05) is 18.6 Å². The highest BCUT2D eigenvalue weighted by Crippen LogP contribution is 2.18. The molecular formula is C14H22N2O6. The summed E-state index contributed by atoms with van der Waals surface area (Å²) in [6.07, 6.45) is 2.30. The molecule has 0 spiro atoms. The van der Waals surface area contributed by atoms with Crippen LogP contribution >= 0.6 is 0 Å². The molecule has 0 radical (unpaired) electrons. The van der Waals surface area contributed by atoms with Crippen LogP contribution < -0.4 is 10.3 Å². The lowest BCUT2D eigenvalue weighted by Gasteiger charge is -2.09. The predicted molar refractivity (Wildman–Crippen MR) is 77.7 cm³/mol. The molecule has 3 N–H and O–H groups in total. The minimum Gasteiger partial charge on any atom is -0.492 e. The Morgan fingerprint density at radius 2 is 1.95 bits per heavy atom.